The highest BCUT2D eigenvalue weighted by molar-refractivity contribution is 5.85. The number of ether oxygens (including phenoxy) is 1. The molecule has 2 amide bonds. The van der Waals surface area contributed by atoms with Gasteiger partial charge in [0.05, 0.1) is 24.2 Å². The van der Waals surface area contributed by atoms with Crippen molar-refractivity contribution in [1.29, 1.82) is 0 Å². The van der Waals surface area contributed by atoms with Crippen LogP contribution in [-0.4, -0.2) is 85.2 Å². The average molecular weight is 711 g/mol. The van der Waals surface area contributed by atoms with Crippen molar-refractivity contribution < 1.29 is 37.0 Å². The number of hydrogen-bond acceptors (Lipinski definition) is 8. The van der Waals surface area contributed by atoms with Gasteiger partial charge in [-0.15, -0.1) is 12.4 Å². The highest BCUT2D eigenvalue weighted by atomic mass is 35.5. The van der Waals surface area contributed by atoms with Gasteiger partial charge < -0.3 is 25.0 Å². The molecule has 0 radical (unpaired) electrons. The number of halogens is 5. The third-order valence-electron chi connectivity index (χ3n) is 6.75. The van der Waals surface area contributed by atoms with Crippen molar-refractivity contribution in [2.24, 2.45) is 9.98 Å². The maximum Gasteiger partial charge on any atom is 0.416 e. The van der Waals surface area contributed by atoms with Crippen LogP contribution in [0.4, 0.5) is 22.4 Å². The molecule has 0 spiro atoms. The molecule has 3 rings (SSSR count). The van der Waals surface area contributed by atoms with Gasteiger partial charge in [0, 0.05) is 32.8 Å². The molecule has 10 nitrogen and oxygen atoms in total. The molecule has 0 aliphatic carbocycles. The highest BCUT2D eigenvalue weighted by Crippen LogP contribution is 2.37. The standard InChI is InChI=1S/C26H25F4N3O4.C8H17N3.ClH/c1-33(22(34)11-13-32-25(36)37-16-17-6-3-2-4-7-17)23(18-10-12-31-21(27)15-18)24(35)19-8-5-9-20(14-19)26(28,29)30;1-4-9-8-10-6-5-7-11(2)3;/h2-10,12,14-15,23-24,35H,11,13,16H2,1H3,(H,32,36);4-7H2,1-3H3;1H. The van der Waals surface area contributed by atoms with E-state index in [1.807, 2.05) is 13.0 Å². The Morgan fingerprint density at radius 2 is 1.73 bits per heavy atom. The second-order valence-electron chi connectivity index (χ2n) is 10.8. The van der Waals surface area contributed by atoms with E-state index in [1.54, 1.807) is 24.3 Å². The summed E-state index contributed by atoms with van der Waals surface area (Å²) in [6, 6.07) is 16.8. The van der Waals surface area contributed by atoms with Crippen molar-refractivity contribution in [3.05, 3.63) is 101 Å². The van der Waals surface area contributed by atoms with Crippen LogP contribution in [0.1, 0.15) is 54.2 Å². The number of benzene rings is 2. The number of carbonyl (C=O) groups excluding carboxylic acids is 2. The molecule has 2 atom stereocenters. The summed E-state index contributed by atoms with van der Waals surface area (Å²) in [5, 5.41) is 13.5. The van der Waals surface area contributed by atoms with Crippen LogP contribution >= 0.6 is 12.4 Å². The average Bonchev–Trinajstić information content (AvgIpc) is 3.05. The Hall–Kier alpha value is -4.36. The summed E-state index contributed by atoms with van der Waals surface area (Å²) in [4.78, 5) is 39.4. The Morgan fingerprint density at radius 3 is 2.37 bits per heavy atom. The molecule has 0 saturated heterocycles. The first kappa shape index (κ1) is 42.7. The van der Waals surface area contributed by atoms with E-state index in [0.29, 0.717) is 0 Å². The monoisotopic (exact) mass is 710 g/mol. The SMILES string of the molecule is CCN=C=NCCCN(C)C.CN(C(=O)CCNC(=O)OCc1ccccc1)C(c1ccnc(F)c1)C(O)c1cccc(C(F)(F)F)c1.Cl. The van der Waals surface area contributed by atoms with Crippen LogP contribution in [0.25, 0.3) is 0 Å². The minimum Gasteiger partial charge on any atom is -0.445 e. The third-order valence-corrected chi connectivity index (χ3v) is 6.75. The zero-order chi connectivity index (χ0) is 35.5. The highest BCUT2D eigenvalue weighted by Gasteiger charge is 2.34. The number of aromatic nitrogens is 1. The van der Waals surface area contributed by atoms with Gasteiger partial charge in [-0.1, -0.05) is 42.5 Å². The van der Waals surface area contributed by atoms with Crippen molar-refractivity contribution in [3.63, 3.8) is 0 Å². The van der Waals surface area contributed by atoms with Crippen molar-refractivity contribution in [1.82, 2.24) is 20.1 Å². The van der Waals surface area contributed by atoms with Gasteiger partial charge in [-0.2, -0.15) is 17.6 Å². The van der Waals surface area contributed by atoms with E-state index in [4.69, 9.17) is 4.74 Å². The Morgan fingerprint density at radius 1 is 1.02 bits per heavy atom. The molecule has 0 aliphatic rings. The Kier molecular flexibility index (Phi) is 19.4. The van der Waals surface area contributed by atoms with E-state index in [-0.39, 0.29) is 43.1 Å². The number of alkyl carbamates (subject to hydrolysis) is 1. The first-order chi connectivity index (χ1) is 22.8. The minimum atomic E-state index is -4.64. The number of pyridine rings is 1. The smallest absolute Gasteiger partial charge is 0.416 e. The summed E-state index contributed by atoms with van der Waals surface area (Å²) in [6.07, 6.45) is -5.01. The molecule has 0 bridgehead atoms. The van der Waals surface area contributed by atoms with Crippen LogP contribution in [0.2, 0.25) is 0 Å². The Bertz CT molecular complexity index is 1490. The molecule has 0 fully saturated rings. The fraction of sp³-hybridized carbons (Fsp3) is 0.412. The molecular formula is C34H43ClF4N6O4. The molecule has 3 aromatic rings. The van der Waals surface area contributed by atoms with Gasteiger partial charge in [-0.3, -0.25) is 4.79 Å². The maximum atomic E-state index is 13.9. The van der Waals surface area contributed by atoms with Crippen molar-refractivity contribution in [3.8, 4) is 0 Å². The first-order valence-corrected chi connectivity index (χ1v) is 15.2. The van der Waals surface area contributed by atoms with Crippen LogP contribution in [0.5, 0.6) is 0 Å². The second kappa shape index (κ2) is 22.3. The number of carbonyl (C=O) groups is 2. The fourth-order valence-electron chi connectivity index (χ4n) is 4.31. The van der Waals surface area contributed by atoms with E-state index in [2.05, 4.69) is 45.3 Å². The summed E-state index contributed by atoms with van der Waals surface area (Å²) in [6.45, 7) is 4.60. The third kappa shape index (κ3) is 16.1. The topological polar surface area (TPSA) is 120 Å². The van der Waals surface area contributed by atoms with Crippen molar-refractivity contribution in [2.45, 2.75) is 44.7 Å². The zero-order valence-electron chi connectivity index (χ0n) is 27.9. The number of aliphatic hydroxyl groups excluding tert-OH is 1. The van der Waals surface area contributed by atoms with E-state index in [1.165, 1.54) is 19.2 Å². The van der Waals surface area contributed by atoms with Crippen LogP contribution in [0.3, 0.4) is 0 Å². The molecule has 15 heteroatoms. The van der Waals surface area contributed by atoms with Gasteiger partial charge in [0.25, 0.3) is 0 Å². The van der Waals surface area contributed by atoms with Crippen molar-refractivity contribution in [2.75, 3.05) is 47.3 Å². The van der Waals surface area contributed by atoms with Gasteiger partial charge in [0.15, 0.2) is 0 Å². The van der Waals surface area contributed by atoms with Gasteiger partial charge in [-0.05, 0) is 74.9 Å². The molecule has 1 aromatic heterocycles. The molecule has 2 N–H and O–H groups in total. The largest absolute Gasteiger partial charge is 0.445 e. The quantitative estimate of drug-likeness (QED) is 0.0872. The summed E-state index contributed by atoms with van der Waals surface area (Å²) in [5.41, 5.74) is -0.178. The van der Waals surface area contributed by atoms with Gasteiger partial charge >= 0.3 is 12.3 Å². The molecule has 1 heterocycles. The van der Waals surface area contributed by atoms with Gasteiger partial charge in [0.2, 0.25) is 11.9 Å². The van der Waals surface area contributed by atoms with E-state index < -0.39 is 41.8 Å². The Balaban J connectivity index is 0.000000861. The number of hydrogen-bond donors (Lipinski definition) is 2. The van der Waals surface area contributed by atoms with Crippen molar-refractivity contribution >= 4 is 30.4 Å². The number of nitrogens with zero attached hydrogens (tertiary/aromatic N) is 5. The second-order valence-corrected chi connectivity index (χ2v) is 10.8. The molecule has 2 unspecified atom stereocenters. The number of alkyl halides is 3. The minimum absolute atomic E-state index is 0. The van der Waals surface area contributed by atoms with E-state index >= 15 is 0 Å². The molecule has 0 saturated carbocycles. The fourth-order valence-corrected chi connectivity index (χ4v) is 4.31. The number of aliphatic hydroxyl groups is 1. The summed E-state index contributed by atoms with van der Waals surface area (Å²) in [5.74, 6) is -1.45. The van der Waals surface area contributed by atoms with Crippen LogP contribution in [-0.2, 0) is 22.3 Å². The lowest BCUT2D eigenvalue weighted by Gasteiger charge is -2.33. The summed E-state index contributed by atoms with van der Waals surface area (Å²) >= 11 is 0. The number of likely N-dealkylation sites (N-methyl/N-ethyl adjacent to an activating group) is 1. The van der Waals surface area contributed by atoms with Gasteiger partial charge in [0.1, 0.15) is 12.7 Å². The number of amides is 2. The van der Waals surface area contributed by atoms with Gasteiger partial charge in [-0.25, -0.2) is 19.8 Å². The number of nitrogens with one attached hydrogen (secondary N) is 1. The molecule has 268 valence electrons. The molecule has 0 aliphatic heterocycles. The summed E-state index contributed by atoms with van der Waals surface area (Å²) in [7, 11) is 5.45. The predicted molar refractivity (Wildman–Crippen MR) is 181 cm³/mol. The first-order valence-electron chi connectivity index (χ1n) is 15.2. The zero-order valence-corrected chi connectivity index (χ0v) is 28.7. The van der Waals surface area contributed by atoms with Crippen LogP contribution in [0.15, 0.2) is 82.9 Å². The molecule has 2 aromatic carbocycles. The maximum absolute atomic E-state index is 13.9. The Labute approximate surface area is 290 Å². The van der Waals surface area contributed by atoms with Crippen LogP contribution < -0.4 is 5.32 Å². The van der Waals surface area contributed by atoms with E-state index in [0.717, 1.165) is 67.0 Å². The van der Waals surface area contributed by atoms with E-state index in [9.17, 15) is 32.3 Å². The summed E-state index contributed by atoms with van der Waals surface area (Å²) < 4.78 is 58.5. The molecule has 49 heavy (non-hydrogen) atoms. The lowest BCUT2D eigenvalue weighted by atomic mass is 9.94. The number of aliphatic imine (C=N–C) groups is 2. The number of rotatable bonds is 14. The normalized spacial score (nSPS) is 11.9. The van der Waals surface area contributed by atoms with Crippen LogP contribution in [0, 0.1) is 5.95 Å². The lowest BCUT2D eigenvalue weighted by Crippen LogP contribution is -2.37. The lowest BCUT2D eigenvalue weighted by molar-refractivity contribution is -0.138. The molecular weight excluding hydrogens is 668 g/mol. The predicted octanol–water partition coefficient (Wildman–Crippen LogP) is 6.34.